The molecule has 0 fully saturated rings. The zero-order chi connectivity index (χ0) is 22.1. The first-order chi connectivity index (χ1) is 15.1. The fraction of sp³-hybridized carbons (Fsp3) is 0.407. The summed E-state index contributed by atoms with van der Waals surface area (Å²) in [5.41, 5.74) is 3.28. The minimum atomic E-state index is -0.656. The van der Waals surface area contributed by atoms with Crippen molar-refractivity contribution in [2.75, 3.05) is 6.54 Å². The SMILES string of the molecule is CC(C)C(=O)N(Cc1ccccc1)[C@H](C(=O)NCCC1=CCCCC1)c1ccccc1. The van der Waals surface area contributed by atoms with Crippen LogP contribution in [0, 0.1) is 5.92 Å². The predicted molar refractivity (Wildman–Crippen MR) is 125 cm³/mol. The zero-order valence-corrected chi connectivity index (χ0v) is 18.7. The molecule has 1 aliphatic rings. The van der Waals surface area contributed by atoms with Gasteiger partial charge in [0, 0.05) is 19.0 Å². The number of allylic oxidation sites excluding steroid dienone is 1. The minimum Gasteiger partial charge on any atom is -0.354 e. The lowest BCUT2D eigenvalue weighted by atomic mass is 9.97. The van der Waals surface area contributed by atoms with E-state index in [-0.39, 0.29) is 17.7 Å². The Bertz CT molecular complexity index is 875. The topological polar surface area (TPSA) is 49.4 Å². The molecule has 31 heavy (non-hydrogen) atoms. The molecule has 0 aromatic heterocycles. The molecule has 4 heteroatoms. The normalized spacial score (nSPS) is 14.6. The Hall–Kier alpha value is -2.88. The molecular formula is C27H34N2O2. The van der Waals surface area contributed by atoms with Crippen molar-refractivity contribution in [2.45, 2.75) is 58.5 Å². The molecule has 1 N–H and O–H groups in total. The monoisotopic (exact) mass is 418 g/mol. The Morgan fingerprint density at radius 2 is 1.65 bits per heavy atom. The molecule has 4 nitrogen and oxygen atoms in total. The quantitative estimate of drug-likeness (QED) is 0.553. The van der Waals surface area contributed by atoms with Crippen LogP contribution in [0.25, 0.3) is 0 Å². The minimum absolute atomic E-state index is 0.0251. The molecule has 0 saturated heterocycles. The van der Waals surface area contributed by atoms with Gasteiger partial charge in [0.2, 0.25) is 11.8 Å². The van der Waals surface area contributed by atoms with Gasteiger partial charge < -0.3 is 10.2 Å². The van der Waals surface area contributed by atoms with Crippen molar-refractivity contribution in [3.63, 3.8) is 0 Å². The van der Waals surface area contributed by atoms with Crippen molar-refractivity contribution < 1.29 is 9.59 Å². The van der Waals surface area contributed by atoms with Crippen molar-refractivity contribution >= 4 is 11.8 Å². The van der Waals surface area contributed by atoms with Crippen LogP contribution in [0.3, 0.4) is 0 Å². The number of hydrogen-bond acceptors (Lipinski definition) is 2. The van der Waals surface area contributed by atoms with E-state index in [0.29, 0.717) is 13.1 Å². The second-order valence-electron chi connectivity index (χ2n) is 8.57. The van der Waals surface area contributed by atoms with E-state index in [4.69, 9.17) is 0 Å². The molecule has 0 unspecified atom stereocenters. The van der Waals surface area contributed by atoms with Gasteiger partial charge in [-0.2, -0.15) is 0 Å². The Labute approximate surface area is 186 Å². The first-order valence-electron chi connectivity index (χ1n) is 11.4. The van der Waals surface area contributed by atoms with Gasteiger partial charge in [-0.3, -0.25) is 9.59 Å². The summed E-state index contributed by atoms with van der Waals surface area (Å²) >= 11 is 0. The molecule has 0 radical (unpaired) electrons. The Kier molecular flexibility index (Phi) is 8.45. The average Bonchev–Trinajstić information content (AvgIpc) is 2.80. The number of benzene rings is 2. The number of carbonyl (C=O) groups excluding carboxylic acids is 2. The lowest BCUT2D eigenvalue weighted by molar-refractivity contribution is -0.144. The lowest BCUT2D eigenvalue weighted by Gasteiger charge is -2.33. The number of hydrogen-bond donors (Lipinski definition) is 1. The first kappa shape index (κ1) is 22.8. The van der Waals surface area contributed by atoms with E-state index in [2.05, 4.69) is 11.4 Å². The summed E-state index contributed by atoms with van der Waals surface area (Å²) in [5, 5.41) is 3.11. The van der Waals surface area contributed by atoms with Crippen LogP contribution in [0.4, 0.5) is 0 Å². The highest BCUT2D eigenvalue weighted by Gasteiger charge is 2.32. The highest BCUT2D eigenvalue weighted by molar-refractivity contribution is 5.89. The molecular weight excluding hydrogens is 384 g/mol. The summed E-state index contributed by atoms with van der Waals surface area (Å²) in [6.07, 6.45) is 7.96. The van der Waals surface area contributed by atoms with E-state index in [1.165, 1.54) is 18.4 Å². The maximum Gasteiger partial charge on any atom is 0.247 e. The third-order valence-corrected chi connectivity index (χ3v) is 5.78. The maximum atomic E-state index is 13.4. The van der Waals surface area contributed by atoms with E-state index >= 15 is 0 Å². The molecule has 0 bridgehead atoms. The van der Waals surface area contributed by atoms with Gasteiger partial charge in [-0.05, 0) is 43.2 Å². The van der Waals surface area contributed by atoms with Crippen LogP contribution >= 0.6 is 0 Å². The lowest BCUT2D eigenvalue weighted by Crippen LogP contribution is -2.45. The van der Waals surface area contributed by atoms with Crippen LogP contribution in [-0.4, -0.2) is 23.3 Å². The Morgan fingerprint density at radius 3 is 2.26 bits per heavy atom. The molecule has 164 valence electrons. The van der Waals surface area contributed by atoms with Crippen LogP contribution in [0.5, 0.6) is 0 Å². The van der Waals surface area contributed by atoms with Gasteiger partial charge in [-0.15, -0.1) is 0 Å². The summed E-state index contributed by atoms with van der Waals surface area (Å²) in [5.74, 6) is -0.342. The molecule has 0 aliphatic heterocycles. The summed E-state index contributed by atoms with van der Waals surface area (Å²) in [4.78, 5) is 28.4. The van der Waals surface area contributed by atoms with Crippen molar-refractivity contribution in [1.29, 1.82) is 0 Å². The van der Waals surface area contributed by atoms with E-state index in [9.17, 15) is 9.59 Å². The fourth-order valence-corrected chi connectivity index (χ4v) is 4.09. The Morgan fingerprint density at radius 1 is 0.968 bits per heavy atom. The number of rotatable bonds is 9. The third-order valence-electron chi connectivity index (χ3n) is 5.78. The van der Waals surface area contributed by atoms with Gasteiger partial charge in [0.1, 0.15) is 6.04 Å². The first-order valence-corrected chi connectivity index (χ1v) is 11.4. The second kappa shape index (κ2) is 11.5. The van der Waals surface area contributed by atoms with Crippen molar-refractivity contribution in [2.24, 2.45) is 5.92 Å². The number of amides is 2. The summed E-state index contributed by atoms with van der Waals surface area (Å²) in [7, 11) is 0. The molecule has 0 spiro atoms. The fourth-order valence-electron chi connectivity index (χ4n) is 4.09. The highest BCUT2D eigenvalue weighted by Crippen LogP contribution is 2.26. The molecule has 2 amide bonds. The van der Waals surface area contributed by atoms with Gasteiger partial charge >= 0.3 is 0 Å². The predicted octanol–water partition coefficient (Wildman–Crippen LogP) is 5.42. The van der Waals surface area contributed by atoms with Crippen LogP contribution in [0.2, 0.25) is 0 Å². The summed E-state index contributed by atoms with van der Waals surface area (Å²) in [6, 6.07) is 18.8. The van der Waals surface area contributed by atoms with Gasteiger partial charge in [0.05, 0.1) is 0 Å². The smallest absolute Gasteiger partial charge is 0.247 e. The number of nitrogens with zero attached hydrogens (tertiary/aromatic N) is 1. The highest BCUT2D eigenvalue weighted by atomic mass is 16.2. The van der Waals surface area contributed by atoms with Crippen LogP contribution in [0.1, 0.15) is 63.1 Å². The van der Waals surface area contributed by atoms with E-state index in [1.807, 2.05) is 74.5 Å². The third kappa shape index (κ3) is 6.55. The molecule has 0 saturated carbocycles. The number of nitrogens with one attached hydrogen (secondary N) is 1. The molecule has 1 atom stereocenters. The van der Waals surface area contributed by atoms with Crippen LogP contribution in [-0.2, 0) is 16.1 Å². The Balaban J connectivity index is 1.82. The van der Waals surface area contributed by atoms with Crippen molar-refractivity contribution in [3.05, 3.63) is 83.4 Å². The molecule has 2 aromatic carbocycles. The van der Waals surface area contributed by atoms with E-state index < -0.39 is 6.04 Å². The van der Waals surface area contributed by atoms with Crippen molar-refractivity contribution in [3.8, 4) is 0 Å². The van der Waals surface area contributed by atoms with Crippen LogP contribution in [0.15, 0.2) is 72.3 Å². The largest absolute Gasteiger partial charge is 0.354 e. The van der Waals surface area contributed by atoms with E-state index in [1.54, 1.807) is 4.90 Å². The standard InChI is InChI=1S/C27H34N2O2/c1-21(2)27(31)29(20-23-14-8-4-9-15-23)25(24-16-10-5-11-17-24)26(30)28-19-18-22-12-6-3-7-13-22/h4-5,8-12,14-17,21,25H,3,6-7,13,18-20H2,1-2H3,(H,28,30)/t25-/m0/s1. The average molecular weight is 419 g/mol. The number of carbonyl (C=O) groups is 2. The molecule has 3 rings (SSSR count). The van der Waals surface area contributed by atoms with Gasteiger partial charge in [-0.1, -0.05) is 86.2 Å². The van der Waals surface area contributed by atoms with Crippen molar-refractivity contribution in [1.82, 2.24) is 10.2 Å². The molecule has 0 heterocycles. The second-order valence-corrected chi connectivity index (χ2v) is 8.57. The summed E-state index contributed by atoms with van der Waals surface area (Å²) in [6.45, 7) is 4.77. The molecule has 2 aromatic rings. The van der Waals surface area contributed by atoms with Crippen LogP contribution < -0.4 is 5.32 Å². The summed E-state index contributed by atoms with van der Waals surface area (Å²) < 4.78 is 0. The van der Waals surface area contributed by atoms with Gasteiger partial charge in [-0.25, -0.2) is 0 Å². The van der Waals surface area contributed by atoms with Gasteiger partial charge in [0.25, 0.3) is 0 Å². The zero-order valence-electron chi connectivity index (χ0n) is 18.7. The molecule has 1 aliphatic carbocycles. The maximum absolute atomic E-state index is 13.4. The van der Waals surface area contributed by atoms with Gasteiger partial charge in [0.15, 0.2) is 0 Å². The van der Waals surface area contributed by atoms with E-state index in [0.717, 1.165) is 30.4 Å².